The Morgan fingerprint density at radius 2 is 1.88 bits per heavy atom. The number of sulfonamides is 1. The Hall–Kier alpha value is -2.09. The third-order valence-electron chi connectivity index (χ3n) is 3.21. The summed E-state index contributed by atoms with van der Waals surface area (Å²) in [6.07, 6.45) is 0. The SMILES string of the molecule is COc1ccc(NC(=O)c2cccc(S(=O)(=O)NC(C)C)c2)cc1Cl. The highest BCUT2D eigenvalue weighted by atomic mass is 35.5. The molecule has 2 aromatic carbocycles. The number of carbonyl (C=O) groups excluding carboxylic acids is 1. The predicted octanol–water partition coefficient (Wildman–Crippen LogP) is 3.29. The summed E-state index contributed by atoms with van der Waals surface area (Å²) < 4.78 is 32.0. The topological polar surface area (TPSA) is 84.5 Å². The van der Waals surface area contributed by atoms with E-state index >= 15 is 0 Å². The average molecular weight is 383 g/mol. The highest BCUT2D eigenvalue weighted by molar-refractivity contribution is 7.89. The maximum atomic E-state index is 12.4. The third kappa shape index (κ3) is 4.94. The van der Waals surface area contributed by atoms with Gasteiger partial charge in [-0.15, -0.1) is 0 Å². The lowest BCUT2D eigenvalue weighted by atomic mass is 10.2. The normalized spacial score (nSPS) is 11.4. The van der Waals surface area contributed by atoms with Crippen molar-refractivity contribution >= 4 is 33.2 Å². The Morgan fingerprint density at radius 1 is 1.16 bits per heavy atom. The van der Waals surface area contributed by atoms with Crippen LogP contribution in [0.2, 0.25) is 5.02 Å². The van der Waals surface area contributed by atoms with Crippen LogP contribution in [0.3, 0.4) is 0 Å². The number of hydrogen-bond donors (Lipinski definition) is 2. The number of hydrogen-bond acceptors (Lipinski definition) is 4. The largest absolute Gasteiger partial charge is 0.495 e. The Balaban J connectivity index is 2.23. The zero-order chi connectivity index (χ0) is 18.6. The molecule has 0 aromatic heterocycles. The Kier molecular flexibility index (Phi) is 6.05. The van der Waals surface area contributed by atoms with E-state index in [1.165, 1.54) is 31.4 Å². The molecule has 0 atom stereocenters. The number of halogens is 1. The van der Waals surface area contributed by atoms with Crippen molar-refractivity contribution in [2.24, 2.45) is 0 Å². The molecular weight excluding hydrogens is 364 g/mol. The summed E-state index contributed by atoms with van der Waals surface area (Å²) in [6, 6.07) is 10.4. The summed E-state index contributed by atoms with van der Waals surface area (Å²) >= 11 is 6.03. The second-order valence-electron chi connectivity index (χ2n) is 5.61. The van der Waals surface area contributed by atoms with Crippen LogP contribution in [-0.2, 0) is 10.0 Å². The molecule has 0 heterocycles. The van der Waals surface area contributed by atoms with Crippen LogP contribution in [0.5, 0.6) is 5.75 Å². The summed E-state index contributed by atoms with van der Waals surface area (Å²) in [5.41, 5.74) is 0.697. The standard InChI is InChI=1S/C17H19ClN2O4S/c1-11(2)20-25(22,23)14-6-4-5-12(9-14)17(21)19-13-7-8-16(24-3)15(18)10-13/h4-11,20H,1-3H3,(H,19,21). The van der Waals surface area contributed by atoms with Gasteiger partial charge in [-0.1, -0.05) is 17.7 Å². The van der Waals surface area contributed by atoms with Crippen LogP contribution in [0.25, 0.3) is 0 Å². The molecule has 134 valence electrons. The molecule has 0 radical (unpaired) electrons. The van der Waals surface area contributed by atoms with Gasteiger partial charge < -0.3 is 10.1 Å². The van der Waals surface area contributed by atoms with E-state index in [2.05, 4.69) is 10.0 Å². The molecule has 25 heavy (non-hydrogen) atoms. The van der Waals surface area contributed by atoms with Gasteiger partial charge in [0.15, 0.2) is 0 Å². The van der Waals surface area contributed by atoms with Crippen molar-refractivity contribution in [1.29, 1.82) is 0 Å². The zero-order valence-corrected chi connectivity index (χ0v) is 15.6. The first-order chi connectivity index (χ1) is 11.7. The van der Waals surface area contributed by atoms with Crippen LogP contribution in [0.4, 0.5) is 5.69 Å². The molecule has 0 fully saturated rings. The molecule has 2 rings (SSSR count). The van der Waals surface area contributed by atoms with Crippen molar-refractivity contribution < 1.29 is 17.9 Å². The fourth-order valence-corrected chi connectivity index (χ4v) is 3.68. The number of rotatable bonds is 6. The fraction of sp³-hybridized carbons (Fsp3) is 0.235. The highest BCUT2D eigenvalue weighted by Gasteiger charge is 2.17. The molecule has 0 bridgehead atoms. The molecule has 0 saturated carbocycles. The lowest BCUT2D eigenvalue weighted by Gasteiger charge is -2.11. The smallest absolute Gasteiger partial charge is 0.255 e. The molecule has 0 saturated heterocycles. The first kappa shape index (κ1) is 19.2. The first-order valence-electron chi connectivity index (χ1n) is 7.50. The average Bonchev–Trinajstić information content (AvgIpc) is 2.54. The van der Waals surface area contributed by atoms with E-state index in [9.17, 15) is 13.2 Å². The van der Waals surface area contributed by atoms with Gasteiger partial charge in [0, 0.05) is 17.3 Å². The van der Waals surface area contributed by atoms with E-state index < -0.39 is 15.9 Å². The van der Waals surface area contributed by atoms with Crippen LogP contribution in [0.1, 0.15) is 24.2 Å². The molecule has 2 N–H and O–H groups in total. The number of carbonyl (C=O) groups is 1. The molecule has 8 heteroatoms. The number of methoxy groups -OCH3 is 1. The van der Waals surface area contributed by atoms with Gasteiger partial charge in [-0.3, -0.25) is 4.79 Å². The minimum Gasteiger partial charge on any atom is -0.495 e. The number of nitrogens with one attached hydrogen (secondary N) is 2. The van der Waals surface area contributed by atoms with Gasteiger partial charge >= 0.3 is 0 Å². The molecule has 0 spiro atoms. The van der Waals surface area contributed by atoms with Crippen molar-refractivity contribution in [2.75, 3.05) is 12.4 Å². The van der Waals surface area contributed by atoms with Crippen molar-refractivity contribution in [1.82, 2.24) is 4.72 Å². The monoisotopic (exact) mass is 382 g/mol. The Labute approximate surface area is 152 Å². The van der Waals surface area contributed by atoms with Crippen LogP contribution in [0, 0.1) is 0 Å². The van der Waals surface area contributed by atoms with Gasteiger partial charge in [0.25, 0.3) is 5.91 Å². The minimum atomic E-state index is -3.67. The summed E-state index contributed by atoms with van der Waals surface area (Å²) in [7, 11) is -2.18. The van der Waals surface area contributed by atoms with Crippen molar-refractivity contribution in [2.45, 2.75) is 24.8 Å². The molecule has 0 aliphatic rings. The van der Waals surface area contributed by atoms with E-state index in [0.717, 1.165) is 0 Å². The van der Waals surface area contributed by atoms with Gasteiger partial charge in [0.1, 0.15) is 5.75 Å². The Morgan fingerprint density at radius 3 is 2.48 bits per heavy atom. The molecule has 1 amide bonds. The maximum absolute atomic E-state index is 12.4. The van der Waals surface area contributed by atoms with Crippen LogP contribution >= 0.6 is 11.6 Å². The predicted molar refractivity (Wildman–Crippen MR) is 97.9 cm³/mol. The fourth-order valence-electron chi connectivity index (χ4n) is 2.13. The van der Waals surface area contributed by atoms with Crippen LogP contribution in [0.15, 0.2) is 47.4 Å². The first-order valence-corrected chi connectivity index (χ1v) is 9.36. The highest BCUT2D eigenvalue weighted by Crippen LogP contribution is 2.27. The zero-order valence-electron chi connectivity index (χ0n) is 14.0. The molecule has 0 aliphatic carbocycles. The number of benzene rings is 2. The summed E-state index contributed by atoms with van der Waals surface area (Å²) in [4.78, 5) is 12.4. The van der Waals surface area contributed by atoms with E-state index in [1.807, 2.05) is 0 Å². The number of anilines is 1. The minimum absolute atomic E-state index is 0.0293. The van der Waals surface area contributed by atoms with Crippen molar-refractivity contribution in [3.63, 3.8) is 0 Å². The third-order valence-corrected chi connectivity index (χ3v) is 5.16. The van der Waals surface area contributed by atoms with E-state index in [-0.39, 0.29) is 16.5 Å². The summed E-state index contributed by atoms with van der Waals surface area (Å²) in [5.74, 6) is 0.0512. The van der Waals surface area contributed by atoms with Gasteiger partial charge in [-0.05, 0) is 50.2 Å². The van der Waals surface area contributed by atoms with Gasteiger partial charge in [0.05, 0.1) is 17.0 Å². The van der Waals surface area contributed by atoms with Crippen molar-refractivity contribution in [3.05, 3.63) is 53.1 Å². The van der Waals surface area contributed by atoms with Crippen LogP contribution in [-0.4, -0.2) is 27.5 Å². The molecule has 6 nitrogen and oxygen atoms in total. The molecular formula is C17H19ClN2O4S. The molecule has 0 aliphatic heterocycles. The molecule has 0 unspecified atom stereocenters. The van der Waals surface area contributed by atoms with Crippen LogP contribution < -0.4 is 14.8 Å². The lowest BCUT2D eigenvalue weighted by molar-refractivity contribution is 0.102. The lowest BCUT2D eigenvalue weighted by Crippen LogP contribution is -2.30. The van der Waals surface area contributed by atoms with E-state index in [0.29, 0.717) is 16.5 Å². The van der Waals surface area contributed by atoms with Crippen molar-refractivity contribution in [3.8, 4) is 5.75 Å². The summed E-state index contributed by atoms with van der Waals surface area (Å²) in [5, 5.41) is 3.03. The Bertz CT molecular complexity index is 882. The number of amides is 1. The second-order valence-corrected chi connectivity index (χ2v) is 7.73. The molecule has 2 aromatic rings. The van der Waals surface area contributed by atoms with Gasteiger partial charge in [0.2, 0.25) is 10.0 Å². The maximum Gasteiger partial charge on any atom is 0.255 e. The van der Waals surface area contributed by atoms with E-state index in [1.54, 1.807) is 32.0 Å². The van der Waals surface area contributed by atoms with E-state index in [4.69, 9.17) is 16.3 Å². The summed E-state index contributed by atoms with van der Waals surface area (Å²) in [6.45, 7) is 3.45. The number of ether oxygens (including phenoxy) is 1. The van der Waals surface area contributed by atoms with Gasteiger partial charge in [-0.2, -0.15) is 0 Å². The quantitative estimate of drug-likeness (QED) is 0.802. The van der Waals surface area contributed by atoms with Gasteiger partial charge in [-0.25, -0.2) is 13.1 Å². The second kappa shape index (κ2) is 7.86.